The van der Waals surface area contributed by atoms with Crippen molar-refractivity contribution in [3.05, 3.63) is 0 Å². The Morgan fingerprint density at radius 1 is 1.09 bits per heavy atom. The highest BCUT2D eigenvalue weighted by Gasteiger charge is 2.23. The van der Waals surface area contributed by atoms with E-state index in [-0.39, 0.29) is 5.60 Å². The summed E-state index contributed by atoms with van der Waals surface area (Å²) in [6.07, 6.45) is 0.195. The molecule has 0 bridgehead atoms. The molecule has 0 spiro atoms. The number of alkyl carbamates (subject to hydrolysis) is 1. The Kier molecular flexibility index (Phi) is 8.40. The average molecular weight is 318 g/mol. The van der Waals surface area contributed by atoms with Gasteiger partial charge in [-0.3, -0.25) is 5.32 Å². The van der Waals surface area contributed by atoms with Crippen molar-refractivity contribution >= 4 is 12.1 Å². The quantitative estimate of drug-likeness (QED) is 0.468. The molecule has 0 saturated carbocycles. The molecule has 7 nitrogen and oxygen atoms in total. The van der Waals surface area contributed by atoms with Crippen LogP contribution in [0.15, 0.2) is 0 Å². The first-order valence-corrected chi connectivity index (χ1v) is 7.48. The maximum atomic E-state index is 11.6. The molecule has 0 aromatic rings. The van der Waals surface area contributed by atoms with Crippen molar-refractivity contribution in [3.63, 3.8) is 0 Å². The van der Waals surface area contributed by atoms with Crippen molar-refractivity contribution in [2.24, 2.45) is 0 Å². The molecule has 3 N–H and O–H groups in total. The third-order valence-corrected chi connectivity index (χ3v) is 2.44. The topological polar surface area (TPSA) is 96.9 Å². The number of carboxylic acid groups (broad SMARTS) is 1. The molecule has 1 atom stereocenters. The van der Waals surface area contributed by atoms with Crippen molar-refractivity contribution in [1.82, 2.24) is 10.6 Å². The molecule has 0 aliphatic rings. The Morgan fingerprint density at radius 2 is 1.68 bits per heavy atom. The van der Waals surface area contributed by atoms with Crippen LogP contribution in [0.4, 0.5) is 4.79 Å². The van der Waals surface area contributed by atoms with E-state index in [4.69, 9.17) is 14.6 Å². The fraction of sp³-hybridized carbons (Fsp3) is 0.867. The molecule has 1 amide bonds. The minimum atomic E-state index is -1.07. The van der Waals surface area contributed by atoms with Gasteiger partial charge in [0, 0.05) is 0 Å². The lowest BCUT2D eigenvalue weighted by atomic mass is 10.1. The number of hydrogen-bond donors (Lipinski definition) is 3. The number of carbonyl (C=O) groups excluding carboxylic acids is 1. The van der Waals surface area contributed by atoms with E-state index in [2.05, 4.69) is 10.6 Å². The third-order valence-electron chi connectivity index (χ3n) is 2.44. The van der Waals surface area contributed by atoms with Gasteiger partial charge in [0.05, 0.1) is 12.3 Å². The lowest BCUT2D eigenvalue weighted by molar-refractivity contribution is -0.139. The number of hydrogen-bond acceptors (Lipinski definition) is 5. The number of rotatable bonds is 8. The SMILES string of the molecule is CC(C)(C)OCNCCC[C@H](NC(=O)OC(C)(C)C)C(=O)O. The molecule has 0 fully saturated rings. The molecule has 0 unspecified atom stereocenters. The second-order valence-corrected chi connectivity index (χ2v) is 7.08. The Balaban J connectivity index is 4.01. The molecular weight excluding hydrogens is 288 g/mol. The highest BCUT2D eigenvalue weighted by Crippen LogP contribution is 2.08. The summed E-state index contributed by atoms with van der Waals surface area (Å²) >= 11 is 0. The zero-order chi connectivity index (χ0) is 17.4. The number of amides is 1. The van der Waals surface area contributed by atoms with Gasteiger partial charge in [-0.05, 0) is 60.9 Å². The van der Waals surface area contributed by atoms with Crippen molar-refractivity contribution in [2.75, 3.05) is 13.3 Å². The van der Waals surface area contributed by atoms with Crippen LogP contribution in [0.1, 0.15) is 54.4 Å². The van der Waals surface area contributed by atoms with Gasteiger partial charge >= 0.3 is 12.1 Å². The number of carbonyl (C=O) groups is 2. The Labute approximate surface area is 132 Å². The first-order chi connectivity index (χ1) is 9.91. The van der Waals surface area contributed by atoms with Gasteiger partial charge in [0.25, 0.3) is 0 Å². The molecular formula is C15H30N2O5. The van der Waals surface area contributed by atoms with E-state index in [0.29, 0.717) is 26.1 Å². The van der Waals surface area contributed by atoms with Crippen molar-refractivity contribution in [1.29, 1.82) is 0 Å². The third kappa shape index (κ3) is 12.4. The van der Waals surface area contributed by atoms with Gasteiger partial charge < -0.3 is 19.9 Å². The van der Waals surface area contributed by atoms with Gasteiger partial charge in [0.1, 0.15) is 11.6 Å². The number of carboxylic acids is 1. The predicted octanol–water partition coefficient (Wildman–Crippen LogP) is 2.11. The fourth-order valence-electron chi connectivity index (χ4n) is 1.48. The summed E-state index contributed by atoms with van der Waals surface area (Å²) in [5.74, 6) is -1.07. The summed E-state index contributed by atoms with van der Waals surface area (Å²) in [4.78, 5) is 22.7. The van der Waals surface area contributed by atoms with Crippen LogP contribution in [0.3, 0.4) is 0 Å². The largest absolute Gasteiger partial charge is 0.480 e. The summed E-state index contributed by atoms with van der Waals surface area (Å²) in [6.45, 7) is 12.1. The molecule has 0 aliphatic carbocycles. The average Bonchev–Trinajstić information content (AvgIpc) is 2.27. The Hall–Kier alpha value is -1.34. The van der Waals surface area contributed by atoms with Crippen LogP contribution in [-0.4, -0.2) is 47.7 Å². The van der Waals surface area contributed by atoms with E-state index in [9.17, 15) is 9.59 Å². The van der Waals surface area contributed by atoms with Gasteiger partial charge in [-0.15, -0.1) is 0 Å². The summed E-state index contributed by atoms with van der Waals surface area (Å²) in [6, 6.07) is -0.958. The van der Waals surface area contributed by atoms with Gasteiger partial charge in [-0.2, -0.15) is 0 Å². The molecule has 0 aromatic carbocycles. The molecule has 7 heteroatoms. The van der Waals surface area contributed by atoms with E-state index in [0.717, 1.165) is 0 Å². The van der Waals surface area contributed by atoms with Gasteiger partial charge in [0.15, 0.2) is 0 Å². The fourth-order valence-corrected chi connectivity index (χ4v) is 1.48. The molecule has 0 saturated heterocycles. The normalized spacial score (nSPS) is 13.5. The van der Waals surface area contributed by atoms with Crippen LogP contribution in [0.2, 0.25) is 0 Å². The molecule has 0 aromatic heterocycles. The van der Waals surface area contributed by atoms with Crippen molar-refractivity contribution in [3.8, 4) is 0 Å². The highest BCUT2D eigenvalue weighted by molar-refractivity contribution is 5.79. The maximum Gasteiger partial charge on any atom is 0.408 e. The first-order valence-electron chi connectivity index (χ1n) is 7.48. The van der Waals surface area contributed by atoms with E-state index in [1.165, 1.54) is 0 Å². The summed E-state index contributed by atoms with van der Waals surface area (Å²) in [7, 11) is 0. The number of ether oxygens (including phenoxy) is 2. The summed E-state index contributed by atoms with van der Waals surface area (Å²) in [5.41, 5.74) is -0.867. The smallest absolute Gasteiger partial charge is 0.408 e. The van der Waals surface area contributed by atoms with Gasteiger partial charge in [0.2, 0.25) is 0 Å². The maximum absolute atomic E-state index is 11.6. The van der Waals surface area contributed by atoms with Gasteiger partial charge in [-0.25, -0.2) is 9.59 Å². The van der Waals surface area contributed by atoms with Gasteiger partial charge in [-0.1, -0.05) is 0 Å². The standard InChI is InChI=1S/C15H30N2O5/c1-14(2,3)21-10-16-9-7-8-11(12(18)19)17-13(20)22-15(4,5)6/h11,16H,7-10H2,1-6H3,(H,17,20)(H,18,19)/t11-/m0/s1. The van der Waals surface area contributed by atoms with Crippen molar-refractivity contribution in [2.45, 2.75) is 71.6 Å². The van der Waals surface area contributed by atoms with Crippen LogP contribution >= 0.6 is 0 Å². The zero-order valence-electron chi connectivity index (χ0n) is 14.5. The highest BCUT2D eigenvalue weighted by atomic mass is 16.6. The van der Waals surface area contributed by atoms with E-state index >= 15 is 0 Å². The number of nitrogens with one attached hydrogen (secondary N) is 2. The molecule has 0 aliphatic heterocycles. The molecule has 130 valence electrons. The Morgan fingerprint density at radius 3 is 2.14 bits per heavy atom. The molecule has 22 heavy (non-hydrogen) atoms. The molecule has 0 heterocycles. The van der Waals surface area contributed by atoms with Crippen LogP contribution in [0.25, 0.3) is 0 Å². The van der Waals surface area contributed by atoms with E-state index in [1.54, 1.807) is 20.8 Å². The second kappa shape index (κ2) is 8.95. The Bertz CT molecular complexity index is 358. The molecule has 0 radical (unpaired) electrons. The number of aliphatic carboxylic acids is 1. The second-order valence-electron chi connectivity index (χ2n) is 7.08. The molecule has 0 rings (SSSR count). The van der Waals surface area contributed by atoms with E-state index < -0.39 is 23.7 Å². The minimum absolute atomic E-state index is 0.213. The summed E-state index contributed by atoms with van der Waals surface area (Å²) < 4.78 is 10.5. The van der Waals surface area contributed by atoms with Crippen LogP contribution in [0.5, 0.6) is 0 Å². The lowest BCUT2D eigenvalue weighted by Crippen LogP contribution is -2.43. The van der Waals surface area contributed by atoms with Crippen LogP contribution in [0, 0.1) is 0 Å². The zero-order valence-corrected chi connectivity index (χ0v) is 14.5. The van der Waals surface area contributed by atoms with Crippen LogP contribution < -0.4 is 10.6 Å². The minimum Gasteiger partial charge on any atom is -0.480 e. The summed E-state index contributed by atoms with van der Waals surface area (Å²) in [5, 5.41) is 14.6. The predicted molar refractivity (Wildman–Crippen MR) is 83.7 cm³/mol. The van der Waals surface area contributed by atoms with Crippen LogP contribution in [-0.2, 0) is 14.3 Å². The monoisotopic (exact) mass is 318 g/mol. The van der Waals surface area contributed by atoms with Crippen molar-refractivity contribution < 1.29 is 24.2 Å². The first kappa shape index (κ1) is 20.7. The van der Waals surface area contributed by atoms with E-state index in [1.807, 2.05) is 20.8 Å². The lowest BCUT2D eigenvalue weighted by Gasteiger charge is -2.22.